The summed E-state index contributed by atoms with van der Waals surface area (Å²) < 4.78 is 15.8. The van der Waals surface area contributed by atoms with Gasteiger partial charge in [0, 0.05) is 31.5 Å². The quantitative estimate of drug-likeness (QED) is 0.746. The van der Waals surface area contributed by atoms with Crippen molar-refractivity contribution >= 4 is 29.0 Å². The molecule has 0 bridgehead atoms. The van der Waals surface area contributed by atoms with E-state index in [9.17, 15) is 9.18 Å². The van der Waals surface area contributed by atoms with Crippen LogP contribution >= 0.6 is 11.6 Å². The number of fused-ring (bicyclic) bond motifs is 1. The van der Waals surface area contributed by atoms with Gasteiger partial charge >= 0.3 is 0 Å². The maximum Gasteiger partial charge on any atom is 0.255 e. The molecule has 0 saturated carbocycles. The fraction of sp³-hybridized carbons (Fsp3) is 0.333. The summed E-state index contributed by atoms with van der Waals surface area (Å²) in [7, 11) is 0. The van der Waals surface area contributed by atoms with E-state index in [0.29, 0.717) is 25.9 Å². The number of carbonyl (C=O) groups is 1. The molecule has 0 radical (unpaired) electrons. The van der Waals surface area contributed by atoms with Gasteiger partial charge < -0.3 is 10.2 Å². The van der Waals surface area contributed by atoms with Crippen molar-refractivity contribution in [1.82, 2.24) is 24.9 Å². The van der Waals surface area contributed by atoms with Crippen LogP contribution in [0.5, 0.6) is 0 Å². The number of nitrogens with zero attached hydrogens (tertiary/aromatic N) is 5. The summed E-state index contributed by atoms with van der Waals surface area (Å²) in [4.78, 5) is 19.0. The number of carbonyl (C=O) groups excluding carboxylic acids is 1. The van der Waals surface area contributed by atoms with Crippen LogP contribution in [0.25, 0.3) is 5.65 Å². The molecule has 9 heteroatoms. The normalized spacial score (nSPS) is 15.3. The number of benzene rings is 1. The maximum atomic E-state index is 13.9. The van der Waals surface area contributed by atoms with Gasteiger partial charge in [-0.1, -0.05) is 17.7 Å². The van der Waals surface area contributed by atoms with Crippen LogP contribution in [-0.2, 0) is 0 Å². The maximum absolute atomic E-state index is 13.9. The zero-order valence-electron chi connectivity index (χ0n) is 14.7. The van der Waals surface area contributed by atoms with E-state index in [1.807, 2.05) is 17.5 Å². The SMILES string of the molecule is Cc1nnc2c(N3CCC(NC(=O)c4c(F)cccc4Cl)CC3)nccn12. The van der Waals surface area contributed by atoms with E-state index in [2.05, 4.69) is 25.4 Å². The van der Waals surface area contributed by atoms with Crippen LogP contribution in [0.2, 0.25) is 5.02 Å². The molecule has 1 aliphatic rings. The molecule has 0 spiro atoms. The zero-order chi connectivity index (χ0) is 19.0. The van der Waals surface area contributed by atoms with Gasteiger partial charge in [0.15, 0.2) is 5.82 Å². The third-order valence-electron chi connectivity index (χ3n) is 4.80. The van der Waals surface area contributed by atoms with E-state index in [1.54, 1.807) is 6.20 Å². The minimum Gasteiger partial charge on any atom is -0.353 e. The van der Waals surface area contributed by atoms with Crippen LogP contribution in [0.3, 0.4) is 0 Å². The summed E-state index contributed by atoms with van der Waals surface area (Å²) >= 11 is 5.97. The molecule has 140 valence electrons. The lowest BCUT2D eigenvalue weighted by molar-refractivity contribution is 0.0927. The Morgan fingerprint density at radius 3 is 2.81 bits per heavy atom. The first-order valence-corrected chi connectivity index (χ1v) is 9.08. The van der Waals surface area contributed by atoms with Gasteiger partial charge in [-0.15, -0.1) is 10.2 Å². The molecular formula is C18H18ClFN6O. The number of rotatable bonds is 3. The molecule has 1 fully saturated rings. The average molecular weight is 389 g/mol. The number of anilines is 1. The van der Waals surface area contributed by atoms with Gasteiger partial charge in [-0.25, -0.2) is 9.37 Å². The molecular weight excluding hydrogens is 371 g/mol. The number of halogens is 2. The average Bonchev–Trinajstić information content (AvgIpc) is 3.04. The van der Waals surface area contributed by atoms with Gasteiger partial charge in [0.1, 0.15) is 11.6 Å². The van der Waals surface area contributed by atoms with Crippen LogP contribution in [0.1, 0.15) is 29.0 Å². The van der Waals surface area contributed by atoms with Gasteiger partial charge in [0.25, 0.3) is 5.91 Å². The molecule has 0 aliphatic carbocycles. The van der Waals surface area contributed by atoms with E-state index in [-0.39, 0.29) is 16.6 Å². The molecule has 3 aromatic rings. The Labute approximate surface area is 160 Å². The number of hydrogen-bond donors (Lipinski definition) is 1. The molecule has 7 nitrogen and oxygen atoms in total. The van der Waals surface area contributed by atoms with Gasteiger partial charge in [0.2, 0.25) is 5.65 Å². The number of aryl methyl sites for hydroxylation is 1. The lowest BCUT2D eigenvalue weighted by atomic mass is 10.0. The fourth-order valence-corrected chi connectivity index (χ4v) is 3.61. The predicted molar refractivity (Wildman–Crippen MR) is 99.6 cm³/mol. The highest BCUT2D eigenvalue weighted by atomic mass is 35.5. The van der Waals surface area contributed by atoms with Crippen molar-refractivity contribution in [2.75, 3.05) is 18.0 Å². The number of hydrogen-bond acceptors (Lipinski definition) is 5. The molecule has 0 unspecified atom stereocenters. The lowest BCUT2D eigenvalue weighted by Crippen LogP contribution is -2.45. The lowest BCUT2D eigenvalue weighted by Gasteiger charge is -2.33. The minimum atomic E-state index is -0.615. The Morgan fingerprint density at radius 1 is 1.30 bits per heavy atom. The Kier molecular flexibility index (Phi) is 4.65. The third kappa shape index (κ3) is 3.32. The highest BCUT2D eigenvalue weighted by Crippen LogP contribution is 2.23. The Morgan fingerprint density at radius 2 is 2.07 bits per heavy atom. The van der Waals surface area contributed by atoms with E-state index >= 15 is 0 Å². The second-order valence-electron chi connectivity index (χ2n) is 6.52. The molecule has 3 heterocycles. The highest BCUT2D eigenvalue weighted by molar-refractivity contribution is 6.33. The second kappa shape index (κ2) is 7.11. The molecule has 27 heavy (non-hydrogen) atoms. The van der Waals surface area contributed by atoms with Crippen molar-refractivity contribution in [3.63, 3.8) is 0 Å². The molecule has 0 atom stereocenters. The predicted octanol–water partition coefficient (Wildman–Crippen LogP) is 2.62. The summed E-state index contributed by atoms with van der Waals surface area (Å²) in [6, 6.07) is 4.17. The molecule has 1 N–H and O–H groups in total. The van der Waals surface area contributed by atoms with Crippen molar-refractivity contribution in [1.29, 1.82) is 0 Å². The summed E-state index contributed by atoms with van der Waals surface area (Å²) in [5.41, 5.74) is 0.614. The van der Waals surface area contributed by atoms with Gasteiger partial charge in [-0.2, -0.15) is 0 Å². The molecule has 4 rings (SSSR count). The first-order valence-electron chi connectivity index (χ1n) is 8.71. The van der Waals surface area contributed by atoms with Gasteiger partial charge in [-0.05, 0) is 31.9 Å². The number of amides is 1. The topological polar surface area (TPSA) is 75.4 Å². The molecule has 1 aliphatic heterocycles. The first kappa shape index (κ1) is 17.7. The van der Waals surface area contributed by atoms with Crippen molar-refractivity contribution in [3.8, 4) is 0 Å². The molecule has 1 aromatic carbocycles. The van der Waals surface area contributed by atoms with E-state index < -0.39 is 11.7 Å². The third-order valence-corrected chi connectivity index (χ3v) is 5.11. The standard InChI is InChI=1S/C18H18ClFN6O/c1-11-23-24-17-16(21-7-10-26(11)17)25-8-5-12(6-9-25)22-18(27)15-13(19)3-2-4-14(15)20/h2-4,7,10,12H,5-6,8-9H2,1H3,(H,22,27). The summed E-state index contributed by atoms with van der Waals surface area (Å²) in [6.07, 6.45) is 4.99. The molecule has 2 aromatic heterocycles. The smallest absolute Gasteiger partial charge is 0.255 e. The Hall–Kier alpha value is -2.74. The van der Waals surface area contributed by atoms with E-state index in [4.69, 9.17) is 11.6 Å². The van der Waals surface area contributed by atoms with Crippen LogP contribution in [-0.4, -0.2) is 44.6 Å². The van der Waals surface area contributed by atoms with E-state index in [0.717, 1.165) is 17.3 Å². The monoisotopic (exact) mass is 388 g/mol. The second-order valence-corrected chi connectivity index (χ2v) is 6.93. The minimum absolute atomic E-state index is 0.0521. The highest BCUT2D eigenvalue weighted by Gasteiger charge is 2.25. The number of aromatic nitrogens is 4. The van der Waals surface area contributed by atoms with Crippen LogP contribution in [0.15, 0.2) is 30.6 Å². The van der Waals surface area contributed by atoms with Crippen LogP contribution < -0.4 is 10.2 Å². The zero-order valence-corrected chi connectivity index (χ0v) is 15.4. The molecule has 1 saturated heterocycles. The summed E-state index contributed by atoms with van der Waals surface area (Å²) in [5.74, 6) is 0.484. The van der Waals surface area contributed by atoms with Crippen molar-refractivity contribution < 1.29 is 9.18 Å². The fourth-order valence-electron chi connectivity index (χ4n) is 3.36. The largest absolute Gasteiger partial charge is 0.353 e. The van der Waals surface area contributed by atoms with Crippen molar-refractivity contribution in [3.05, 3.63) is 52.8 Å². The Bertz CT molecular complexity index is 978. The Balaban J connectivity index is 1.44. The van der Waals surface area contributed by atoms with Crippen molar-refractivity contribution in [2.24, 2.45) is 0 Å². The number of nitrogens with one attached hydrogen (secondary N) is 1. The van der Waals surface area contributed by atoms with Gasteiger partial charge in [-0.3, -0.25) is 9.20 Å². The number of piperidine rings is 1. The van der Waals surface area contributed by atoms with Crippen molar-refractivity contribution in [2.45, 2.75) is 25.8 Å². The van der Waals surface area contributed by atoms with Gasteiger partial charge in [0.05, 0.1) is 10.6 Å². The molecule has 1 amide bonds. The van der Waals surface area contributed by atoms with Crippen LogP contribution in [0, 0.1) is 12.7 Å². The van der Waals surface area contributed by atoms with Crippen LogP contribution in [0.4, 0.5) is 10.2 Å². The first-order chi connectivity index (χ1) is 13.0. The summed E-state index contributed by atoms with van der Waals surface area (Å²) in [5, 5.41) is 11.3. The van der Waals surface area contributed by atoms with E-state index in [1.165, 1.54) is 18.2 Å². The summed E-state index contributed by atoms with van der Waals surface area (Å²) in [6.45, 7) is 3.29.